The van der Waals surface area contributed by atoms with Crippen molar-refractivity contribution in [3.63, 3.8) is 0 Å². The maximum absolute atomic E-state index is 14.8. The molecule has 0 radical (unpaired) electrons. The fourth-order valence-corrected chi connectivity index (χ4v) is 8.63. The predicted octanol–water partition coefficient (Wildman–Crippen LogP) is 4.74. The third-order valence-electron chi connectivity index (χ3n) is 6.22. The third-order valence-corrected chi connectivity index (χ3v) is 11.2. The topological polar surface area (TPSA) is 105 Å². The van der Waals surface area contributed by atoms with Crippen LogP contribution in [0.4, 0.5) is 0 Å². The fourth-order valence-electron chi connectivity index (χ4n) is 4.25. The first-order chi connectivity index (χ1) is 20.3. The van der Waals surface area contributed by atoms with Crippen molar-refractivity contribution in [3.8, 4) is 0 Å². The minimum atomic E-state index is -4.06. The highest BCUT2D eigenvalue weighted by Crippen LogP contribution is 2.50. The lowest BCUT2D eigenvalue weighted by Crippen LogP contribution is -2.46. The molecule has 0 N–H and O–H groups in total. The van der Waals surface area contributed by atoms with Crippen molar-refractivity contribution in [3.05, 3.63) is 121 Å². The van der Waals surface area contributed by atoms with Crippen LogP contribution in [0.15, 0.2) is 121 Å². The zero-order valence-corrected chi connectivity index (χ0v) is 25.1. The fraction of sp³-hybridized carbons (Fsp3) is 0.188. The molecule has 4 aromatic carbocycles. The summed E-state index contributed by atoms with van der Waals surface area (Å²) in [6.07, 6.45) is -3.81. The van der Waals surface area contributed by atoms with Gasteiger partial charge < -0.3 is 18.5 Å². The Labute approximate surface area is 245 Å². The SMILES string of the molecule is CCOC(=O)C(OP(=O)(c1ccccc1)c1ccccc1)C(OP(=O)(c1ccccc1)c1ccccc1)C(=O)OCC. The Morgan fingerprint density at radius 3 is 0.952 bits per heavy atom. The Balaban J connectivity index is 1.89. The van der Waals surface area contributed by atoms with E-state index in [4.69, 9.17) is 18.5 Å². The first kappa shape index (κ1) is 31.1. The van der Waals surface area contributed by atoms with Gasteiger partial charge in [0.05, 0.1) is 13.2 Å². The van der Waals surface area contributed by atoms with Gasteiger partial charge in [0.2, 0.25) is 0 Å². The summed E-state index contributed by atoms with van der Waals surface area (Å²) in [7, 11) is -8.12. The predicted molar refractivity (Wildman–Crippen MR) is 163 cm³/mol. The minimum absolute atomic E-state index is 0.0652. The largest absolute Gasteiger partial charge is 0.464 e. The Bertz CT molecular complexity index is 1340. The minimum Gasteiger partial charge on any atom is -0.464 e. The molecule has 2 atom stereocenters. The summed E-state index contributed by atoms with van der Waals surface area (Å²) >= 11 is 0. The molecule has 0 aromatic heterocycles. The summed E-state index contributed by atoms with van der Waals surface area (Å²) in [5.74, 6) is -2.04. The van der Waals surface area contributed by atoms with E-state index in [0.717, 1.165) is 0 Å². The second-order valence-electron chi connectivity index (χ2n) is 9.00. The highest BCUT2D eigenvalue weighted by Gasteiger charge is 2.48. The number of hydrogen-bond acceptors (Lipinski definition) is 8. The van der Waals surface area contributed by atoms with E-state index in [0.29, 0.717) is 0 Å². The summed E-state index contributed by atoms with van der Waals surface area (Å²) in [5, 5.41) is 1.12. The number of hydrogen-bond donors (Lipinski definition) is 0. The van der Waals surface area contributed by atoms with Crippen LogP contribution in [0.3, 0.4) is 0 Å². The van der Waals surface area contributed by atoms with Crippen molar-refractivity contribution in [1.82, 2.24) is 0 Å². The lowest BCUT2D eigenvalue weighted by Gasteiger charge is -2.31. The van der Waals surface area contributed by atoms with Crippen molar-refractivity contribution in [2.24, 2.45) is 0 Å². The molecule has 10 heteroatoms. The van der Waals surface area contributed by atoms with Crippen LogP contribution < -0.4 is 21.2 Å². The van der Waals surface area contributed by atoms with E-state index in [-0.39, 0.29) is 34.4 Å². The van der Waals surface area contributed by atoms with Crippen molar-refractivity contribution in [2.45, 2.75) is 26.1 Å². The van der Waals surface area contributed by atoms with Gasteiger partial charge in [-0.15, -0.1) is 0 Å². The van der Waals surface area contributed by atoms with Gasteiger partial charge in [0.15, 0.2) is 12.2 Å². The van der Waals surface area contributed by atoms with Crippen LogP contribution in [-0.4, -0.2) is 37.4 Å². The van der Waals surface area contributed by atoms with Gasteiger partial charge in [0.1, 0.15) is 0 Å². The number of esters is 2. The molecule has 0 aliphatic rings. The quantitative estimate of drug-likeness (QED) is 0.159. The van der Waals surface area contributed by atoms with Crippen LogP contribution in [0.2, 0.25) is 0 Å². The van der Waals surface area contributed by atoms with E-state index in [1.807, 2.05) is 0 Å². The van der Waals surface area contributed by atoms with Gasteiger partial charge in [-0.2, -0.15) is 0 Å². The Morgan fingerprint density at radius 1 is 0.500 bits per heavy atom. The average molecular weight is 607 g/mol. The molecule has 0 heterocycles. The Kier molecular flexibility index (Phi) is 10.7. The zero-order valence-electron chi connectivity index (χ0n) is 23.3. The molecule has 0 saturated heterocycles. The number of benzene rings is 4. The molecule has 4 rings (SSSR count). The summed E-state index contributed by atoms with van der Waals surface area (Å²) in [5.41, 5.74) is 0. The van der Waals surface area contributed by atoms with Crippen LogP contribution in [0.1, 0.15) is 13.8 Å². The standard InChI is InChI=1S/C32H32O8P2/c1-3-37-31(33)29(39-41(35,25-17-9-5-10-18-25)26-19-11-6-12-20-26)30(32(34)38-4-2)40-42(36,27-21-13-7-14-22-27)28-23-15-8-16-24-28/h5-24,29-30H,3-4H2,1-2H3. The third kappa shape index (κ3) is 6.97. The van der Waals surface area contributed by atoms with Crippen molar-refractivity contribution in [2.75, 3.05) is 13.2 Å². The molecule has 0 saturated carbocycles. The molecule has 0 fully saturated rings. The molecule has 4 aromatic rings. The molecule has 0 spiro atoms. The van der Waals surface area contributed by atoms with Gasteiger partial charge in [0.25, 0.3) is 14.7 Å². The van der Waals surface area contributed by atoms with Crippen molar-refractivity contribution in [1.29, 1.82) is 0 Å². The van der Waals surface area contributed by atoms with E-state index in [1.165, 1.54) is 0 Å². The van der Waals surface area contributed by atoms with E-state index in [1.54, 1.807) is 135 Å². The van der Waals surface area contributed by atoms with Crippen molar-refractivity contribution < 1.29 is 37.2 Å². The number of carbonyl (C=O) groups excluding carboxylic acids is 2. The Hall–Kier alpha value is -3.80. The van der Waals surface area contributed by atoms with Crippen molar-refractivity contribution >= 4 is 47.9 Å². The maximum atomic E-state index is 14.8. The highest BCUT2D eigenvalue weighted by molar-refractivity contribution is 7.74. The molecule has 42 heavy (non-hydrogen) atoms. The maximum Gasteiger partial charge on any atom is 0.339 e. The molecular formula is C32H32O8P2. The van der Waals surface area contributed by atoms with Gasteiger partial charge in [-0.05, 0) is 62.4 Å². The molecule has 0 amide bonds. The van der Waals surface area contributed by atoms with Gasteiger partial charge in [-0.1, -0.05) is 72.8 Å². The normalized spacial score (nSPS) is 13.1. The highest BCUT2D eigenvalue weighted by atomic mass is 31.2. The van der Waals surface area contributed by atoms with E-state index >= 15 is 0 Å². The lowest BCUT2D eigenvalue weighted by atomic mass is 10.2. The number of rotatable bonds is 13. The first-order valence-electron chi connectivity index (χ1n) is 13.5. The van der Waals surface area contributed by atoms with Gasteiger partial charge in [-0.3, -0.25) is 9.13 Å². The molecule has 0 aliphatic heterocycles. The molecular weight excluding hydrogens is 574 g/mol. The average Bonchev–Trinajstić information content (AvgIpc) is 3.04. The number of ether oxygens (including phenoxy) is 2. The lowest BCUT2D eigenvalue weighted by molar-refractivity contribution is -0.168. The van der Waals surface area contributed by atoms with E-state index in [2.05, 4.69) is 0 Å². The molecule has 8 nitrogen and oxygen atoms in total. The van der Waals surface area contributed by atoms with Gasteiger partial charge >= 0.3 is 11.9 Å². The zero-order chi connectivity index (χ0) is 30.0. The van der Waals surface area contributed by atoms with Crippen LogP contribution >= 0.6 is 14.7 Å². The first-order valence-corrected chi connectivity index (χ1v) is 16.7. The summed E-state index contributed by atoms with van der Waals surface area (Å²) in [6.45, 7) is 3.04. The van der Waals surface area contributed by atoms with E-state index < -0.39 is 38.9 Å². The van der Waals surface area contributed by atoms with Crippen LogP contribution in [0.25, 0.3) is 0 Å². The molecule has 218 valence electrons. The van der Waals surface area contributed by atoms with Gasteiger partial charge in [0, 0.05) is 21.2 Å². The smallest absolute Gasteiger partial charge is 0.339 e. The summed E-state index contributed by atoms with van der Waals surface area (Å²) in [6, 6.07) is 33.4. The molecule has 0 aliphatic carbocycles. The van der Waals surface area contributed by atoms with E-state index in [9.17, 15) is 18.7 Å². The van der Waals surface area contributed by atoms with Gasteiger partial charge in [-0.25, -0.2) is 9.59 Å². The summed E-state index contributed by atoms with van der Waals surface area (Å²) < 4.78 is 52.6. The van der Waals surface area contributed by atoms with Crippen LogP contribution in [-0.2, 0) is 37.2 Å². The second-order valence-corrected chi connectivity index (χ2v) is 13.7. The molecule has 0 bridgehead atoms. The molecule has 2 unspecified atom stereocenters. The second kappa shape index (κ2) is 14.4. The number of carbonyl (C=O) groups is 2. The monoisotopic (exact) mass is 606 g/mol. The summed E-state index contributed by atoms with van der Waals surface area (Å²) in [4.78, 5) is 27.1. The Morgan fingerprint density at radius 2 is 0.738 bits per heavy atom. The van der Waals surface area contributed by atoms with Crippen LogP contribution in [0.5, 0.6) is 0 Å². The van der Waals surface area contributed by atoms with Crippen LogP contribution in [0, 0.1) is 0 Å².